The first kappa shape index (κ1) is 7.44. The van der Waals surface area contributed by atoms with Crippen LogP contribution in [0.3, 0.4) is 0 Å². The monoisotopic (exact) mass is 180 g/mol. The molecule has 0 unspecified atom stereocenters. The van der Waals surface area contributed by atoms with Crippen molar-refractivity contribution in [1.29, 1.82) is 0 Å². The van der Waals surface area contributed by atoms with Crippen molar-refractivity contribution in [2.75, 3.05) is 0 Å². The predicted molar refractivity (Wildman–Crippen MR) is 57.0 cm³/mol. The summed E-state index contributed by atoms with van der Waals surface area (Å²) in [4.78, 5) is 0. The fraction of sp³-hybridized carbons (Fsp3) is 0. The summed E-state index contributed by atoms with van der Waals surface area (Å²) in [5.41, 5.74) is 0. The van der Waals surface area contributed by atoms with Crippen molar-refractivity contribution < 1.29 is 0 Å². The van der Waals surface area contributed by atoms with E-state index < -0.39 is 0 Å². The maximum atomic E-state index is 3.91. The third-order valence-electron chi connectivity index (χ3n) is 2.45. The van der Waals surface area contributed by atoms with Gasteiger partial charge in [-0.05, 0) is 10.8 Å². The molecule has 0 aliphatic heterocycles. The Morgan fingerprint density at radius 1 is 0.643 bits per heavy atom. The Labute approximate surface area is 81.2 Å². The molecular formula is C12H8N2. The van der Waals surface area contributed by atoms with Crippen molar-refractivity contribution in [1.82, 2.24) is 10.2 Å². The van der Waals surface area contributed by atoms with Crippen molar-refractivity contribution >= 4 is 21.5 Å². The van der Waals surface area contributed by atoms with E-state index >= 15 is 0 Å². The third kappa shape index (κ3) is 0.973. The van der Waals surface area contributed by atoms with Crippen LogP contribution in [0.1, 0.15) is 0 Å². The quantitative estimate of drug-likeness (QED) is 0.497. The van der Waals surface area contributed by atoms with Crippen molar-refractivity contribution in [3.8, 4) is 0 Å². The van der Waals surface area contributed by atoms with Crippen LogP contribution in [0.5, 0.6) is 0 Å². The normalized spacial score (nSPS) is 10.9. The topological polar surface area (TPSA) is 25.8 Å². The number of aromatic nitrogens is 2. The molecule has 1 heterocycles. The van der Waals surface area contributed by atoms with E-state index in [0.29, 0.717) is 0 Å². The van der Waals surface area contributed by atoms with E-state index in [9.17, 15) is 0 Å². The molecule has 2 nitrogen and oxygen atoms in total. The van der Waals surface area contributed by atoms with Crippen LogP contribution in [-0.2, 0) is 0 Å². The molecular weight excluding hydrogens is 172 g/mol. The molecule has 0 saturated heterocycles. The molecule has 0 saturated carbocycles. The van der Waals surface area contributed by atoms with E-state index in [1.54, 1.807) is 6.20 Å². The van der Waals surface area contributed by atoms with E-state index in [-0.39, 0.29) is 0 Å². The first-order chi connectivity index (χ1) is 6.95. The molecule has 0 spiro atoms. The van der Waals surface area contributed by atoms with Crippen LogP contribution in [-0.4, -0.2) is 10.2 Å². The molecule has 0 aliphatic rings. The lowest BCUT2D eigenvalue weighted by molar-refractivity contribution is 1.05. The maximum absolute atomic E-state index is 3.91. The van der Waals surface area contributed by atoms with Crippen LogP contribution < -0.4 is 0 Å². The molecule has 1 aromatic heterocycles. The van der Waals surface area contributed by atoms with Gasteiger partial charge in [0.1, 0.15) is 0 Å². The third-order valence-corrected chi connectivity index (χ3v) is 2.45. The summed E-state index contributed by atoms with van der Waals surface area (Å²) in [6, 6.07) is 12.5. The fourth-order valence-electron chi connectivity index (χ4n) is 1.76. The van der Waals surface area contributed by atoms with Gasteiger partial charge in [-0.2, -0.15) is 10.2 Å². The molecule has 2 heteroatoms. The SMILES string of the molecule is c1ccc2c(c1)ccc1cnncc12. The molecule has 0 radical (unpaired) electrons. The van der Waals surface area contributed by atoms with Crippen molar-refractivity contribution in [3.05, 3.63) is 48.8 Å². The van der Waals surface area contributed by atoms with E-state index in [4.69, 9.17) is 0 Å². The van der Waals surface area contributed by atoms with Crippen LogP contribution in [0, 0.1) is 0 Å². The lowest BCUT2D eigenvalue weighted by Crippen LogP contribution is -1.81. The number of fused-ring (bicyclic) bond motifs is 3. The summed E-state index contributed by atoms with van der Waals surface area (Å²) in [5, 5.41) is 12.6. The predicted octanol–water partition coefficient (Wildman–Crippen LogP) is 2.78. The van der Waals surface area contributed by atoms with Crippen LogP contribution in [0.2, 0.25) is 0 Å². The van der Waals surface area contributed by atoms with Gasteiger partial charge < -0.3 is 0 Å². The van der Waals surface area contributed by atoms with Gasteiger partial charge in [0.2, 0.25) is 0 Å². The second kappa shape index (κ2) is 2.77. The molecule has 0 atom stereocenters. The second-order valence-corrected chi connectivity index (χ2v) is 3.28. The van der Waals surface area contributed by atoms with Gasteiger partial charge in [-0.25, -0.2) is 0 Å². The average Bonchev–Trinajstić information content (AvgIpc) is 2.29. The summed E-state index contributed by atoms with van der Waals surface area (Å²) >= 11 is 0. The highest BCUT2D eigenvalue weighted by Gasteiger charge is 1.98. The number of hydrogen-bond acceptors (Lipinski definition) is 2. The Bertz CT molecular complexity index is 547. The maximum Gasteiger partial charge on any atom is 0.0580 e. The molecule has 0 fully saturated rings. The highest BCUT2D eigenvalue weighted by Crippen LogP contribution is 2.23. The van der Waals surface area contributed by atoms with Gasteiger partial charge in [-0.1, -0.05) is 36.4 Å². The molecule has 0 amide bonds. The van der Waals surface area contributed by atoms with E-state index in [1.165, 1.54) is 10.8 Å². The van der Waals surface area contributed by atoms with Gasteiger partial charge >= 0.3 is 0 Å². The standard InChI is InChI=1S/C12H8N2/c1-2-4-11-9(3-1)5-6-10-7-13-14-8-12(10)11/h1-8H. The largest absolute Gasteiger partial charge is 0.158 e. The summed E-state index contributed by atoms with van der Waals surface area (Å²) in [6.07, 6.45) is 3.61. The Hall–Kier alpha value is -1.96. The zero-order valence-electron chi connectivity index (χ0n) is 7.51. The van der Waals surface area contributed by atoms with Crippen molar-refractivity contribution in [3.63, 3.8) is 0 Å². The van der Waals surface area contributed by atoms with Crippen LogP contribution >= 0.6 is 0 Å². The van der Waals surface area contributed by atoms with Gasteiger partial charge in [0.25, 0.3) is 0 Å². The van der Waals surface area contributed by atoms with Gasteiger partial charge in [0.15, 0.2) is 0 Å². The van der Waals surface area contributed by atoms with Gasteiger partial charge in [0, 0.05) is 10.8 Å². The second-order valence-electron chi connectivity index (χ2n) is 3.28. The summed E-state index contributed by atoms with van der Waals surface area (Å²) in [7, 11) is 0. The average molecular weight is 180 g/mol. The minimum absolute atomic E-state index is 1.14. The lowest BCUT2D eigenvalue weighted by atomic mass is 10.1. The zero-order valence-corrected chi connectivity index (χ0v) is 7.51. The van der Waals surface area contributed by atoms with Gasteiger partial charge in [0.05, 0.1) is 12.4 Å². The fourth-order valence-corrected chi connectivity index (χ4v) is 1.76. The highest BCUT2D eigenvalue weighted by atomic mass is 15.1. The number of hydrogen-bond donors (Lipinski definition) is 0. The molecule has 3 aromatic rings. The van der Waals surface area contributed by atoms with Crippen molar-refractivity contribution in [2.45, 2.75) is 0 Å². The van der Waals surface area contributed by atoms with E-state index in [1.807, 2.05) is 18.3 Å². The summed E-state index contributed by atoms with van der Waals surface area (Å²) in [5.74, 6) is 0. The summed E-state index contributed by atoms with van der Waals surface area (Å²) < 4.78 is 0. The molecule has 66 valence electrons. The van der Waals surface area contributed by atoms with Gasteiger partial charge in [-0.3, -0.25) is 0 Å². The van der Waals surface area contributed by atoms with Crippen LogP contribution in [0.4, 0.5) is 0 Å². The number of benzene rings is 2. The van der Waals surface area contributed by atoms with Crippen LogP contribution in [0.15, 0.2) is 48.8 Å². The van der Waals surface area contributed by atoms with Gasteiger partial charge in [-0.15, -0.1) is 0 Å². The first-order valence-electron chi connectivity index (χ1n) is 4.53. The Balaban J connectivity index is 2.61. The van der Waals surface area contributed by atoms with E-state index in [0.717, 1.165) is 10.8 Å². The Kier molecular flexibility index (Phi) is 1.47. The zero-order chi connectivity index (χ0) is 9.38. The smallest absolute Gasteiger partial charge is 0.0580 e. The molecule has 14 heavy (non-hydrogen) atoms. The molecule has 0 aliphatic carbocycles. The minimum Gasteiger partial charge on any atom is -0.158 e. The lowest BCUT2D eigenvalue weighted by Gasteiger charge is -2.01. The number of nitrogens with zero attached hydrogens (tertiary/aromatic N) is 2. The molecule has 0 bridgehead atoms. The minimum atomic E-state index is 1.14. The first-order valence-corrected chi connectivity index (χ1v) is 4.53. The Morgan fingerprint density at radius 3 is 2.43 bits per heavy atom. The summed E-state index contributed by atoms with van der Waals surface area (Å²) in [6.45, 7) is 0. The Morgan fingerprint density at radius 2 is 1.43 bits per heavy atom. The molecule has 2 aromatic carbocycles. The number of rotatable bonds is 0. The van der Waals surface area contributed by atoms with Crippen molar-refractivity contribution in [2.24, 2.45) is 0 Å². The van der Waals surface area contributed by atoms with Crippen LogP contribution in [0.25, 0.3) is 21.5 Å². The highest BCUT2D eigenvalue weighted by molar-refractivity contribution is 6.06. The molecule has 0 N–H and O–H groups in total. The molecule has 3 rings (SSSR count). The van der Waals surface area contributed by atoms with E-state index in [2.05, 4.69) is 34.5 Å².